The van der Waals surface area contributed by atoms with E-state index in [1.54, 1.807) is 24.4 Å². The predicted molar refractivity (Wildman–Crippen MR) is 118 cm³/mol. The molecule has 4 rings (SSSR count). The van der Waals surface area contributed by atoms with E-state index in [1.807, 2.05) is 61.5 Å². The lowest BCUT2D eigenvalue weighted by Gasteiger charge is -2.04. The third kappa shape index (κ3) is 4.43. The van der Waals surface area contributed by atoms with Crippen LogP contribution in [0.3, 0.4) is 0 Å². The van der Waals surface area contributed by atoms with Gasteiger partial charge in [-0.25, -0.2) is 0 Å². The summed E-state index contributed by atoms with van der Waals surface area (Å²) in [5.74, 6) is -0.0495. The van der Waals surface area contributed by atoms with Crippen molar-refractivity contribution in [2.45, 2.75) is 16.9 Å². The maximum atomic E-state index is 12.4. The van der Waals surface area contributed by atoms with E-state index in [1.165, 1.54) is 17.8 Å². The highest BCUT2D eigenvalue weighted by atomic mass is 32.2. The fourth-order valence-electron chi connectivity index (χ4n) is 2.86. The van der Waals surface area contributed by atoms with Crippen LogP contribution < -0.4 is 5.32 Å². The number of para-hydroxylation sites is 1. The zero-order valence-corrected chi connectivity index (χ0v) is 16.9. The lowest BCUT2D eigenvalue weighted by molar-refractivity contribution is -0.112. The molecule has 2 aromatic heterocycles. The first-order valence-corrected chi connectivity index (χ1v) is 10.1. The number of benzene rings is 2. The number of aryl methyl sites for hydroxylation is 1. The number of fused-ring (bicyclic) bond motifs is 1. The Kier molecular flexibility index (Phi) is 5.64. The van der Waals surface area contributed by atoms with Crippen molar-refractivity contribution in [1.82, 2.24) is 4.98 Å². The highest BCUT2D eigenvalue weighted by Crippen LogP contribution is 2.33. The molecule has 0 saturated carbocycles. The van der Waals surface area contributed by atoms with Gasteiger partial charge in [-0.1, -0.05) is 35.9 Å². The van der Waals surface area contributed by atoms with Crippen molar-refractivity contribution in [2.24, 2.45) is 0 Å². The maximum absolute atomic E-state index is 12.4. The molecule has 1 amide bonds. The number of nitriles is 1. The Morgan fingerprint density at radius 2 is 1.90 bits per heavy atom. The normalized spacial score (nSPS) is 11.3. The Morgan fingerprint density at radius 1 is 1.10 bits per heavy atom. The third-order valence-corrected chi connectivity index (χ3v) is 5.34. The smallest absolute Gasteiger partial charge is 0.266 e. The molecular formula is C24H17N3O2S. The van der Waals surface area contributed by atoms with Gasteiger partial charge in [0.05, 0.1) is 5.52 Å². The van der Waals surface area contributed by atoms with E-state index < -0.39 is 5.91 Å². The fraction of sp³-hybridized carbons (Fsp3) is 0.0417. The Hall–Kier alpha value is -3.82. The summed E-state index contributed by atoms with van der Waals surface area (Å²) in [6.45, 7) is 1.97. The Balaban J connectivity index is 1.52. The highest BCUT2D eigenvalue weighted by Gasteiger charge is 2.12. The predicted octanol–water partition coefficient (Wildman–Crippen LogP) is 5.83. The van der Waals surface area contributed by atoms with Crippen LogP contribution >= 0.6 is 11.8 Å². The van der Waals surface area contributed by atoms with Crippen LogP contribution in [0.2, 0.25) is 0 Å². The molecule has 6 heteroatoms. The zero-order chi connectivity index (χ0) is 20.9. The first kappa shape index (κ1) is 19.5. The summed E-state index contributed by atoms with van der Waals surface area (Å²) < 4.78 is 5.81. The van der Waals surface area contributed by atoms with E-state index in [2.05, 4.69) is 10.3 Å². The van der Waals surface area contributed by atoms with Crippen LogP contribution in [0.1, 0.15) is 11.3 Å². The van der Waals surface area contributed by atoms with Crippen molar-refractivity contribution in [3.8, 4) is 6.07 Å². The Morgan fingerprint density at radius 3 is 2.70 bits per heavy atom. The lowest BCUT2D eigenvalue weighted by atomic mass is 10.2. The summed E-state index contributed by atoms with van der Waals surface area (Å²) in [6, 6.07) is 22.7. The van der Waals surface area contributed by atoms with Gasteiger partial charge in [0.1, 0.15) is 17.4 Å². The summed E-state index contributed by atoms with van der Waals surface area (Å²) in [5, 5.41) is 13.8. The second kappa shape index (κ2) is 8.68. The van der Waals surface area contributed by atoms with E-state index >= 15 is 0 Å². The molecule has 0 unspecified atom stereocenters. The summed E-state index contributed by atoms with van der Waals surface area (Å²) in [6.07, 6.45) is 3.20. The van der Waals surface area contributed by atoms with Crippen molar-refractivity contribution in [2.75, 3.05) is 5.32 Å². The van der Waals surface area contributed by atoms with Crippen LogP contribution in [0, 0.1) is 18.3 Å². The largest absolute Gasteiger partial charge is 0.450 e. The second-order valence-corrected chi connectivity index (χ2v) is 7.63. The van der Waals surface area contributed by atoms with Crippen LogP contribution in [0.25, 0.3) is 17.0 Å². The SMILES string of the molecule is Cc1ccc(NC(=O)/C(C#N)=C/c2ccc(Sc3cccc4cccnc34)o2)cc1. The highest BCUT2D eigenvalue weighted by molar-refractivity contribution is 7.99. The Labute approximate surface area is 178 Å². The molecule has 30 heavy (non-hydrogen) atoms. The van der Waals surface area contributed by atoms with Gasteiger partial charge in [0.15, 0.2) is 5.09 Å². The van der Waals surface area contributed by atoms with Gasteiger partial charge in [0, 0.05) is 28.2 Å². The number of aromatic nitrogens is 1. The monoisotopic (exact) mass is 411 g/mol. The standard InChI is InChI=1S/C24H17N3O2S/c1-16-7-9-19(10-8-16)27-24(28)18(15-25)14-20-11-12-22(29-20)30-21-6-2-4-17-5-3-13-26-23(17)21/h2-14H,1H3,(H,27,28)/b18-14+. The molecule has 0 spiro atoms. The number of carbonyl (C=O) groups is 1. The average Bonchev–Trinajstić information content (AvgIpc) is 3.21. The van der Waals surface area contributed by atoms with Gasteiger partial charge in [-0.3, -0.25) is 9.78 Å². The van der Waals surface area contributed by atoms with Crippen LogP contribution in [0.4, 0.5) is 5.69 Å². The van der Waals surface area contributed by atoms with Crippen molar-refractivity contribution >= 4 is 40.3 Å². The molecule has 0 bridgehead atoms. The number of furan rings is 1. The van der Waals surface area contributed by atoms with Gasteiger partial charge in [0.25, 0.3) is 5.91 Å². The summed E-state index contributed by atoms with van der Waals surface area (Å²) in [4.78, 5) is 17.8. The molecule has 0 atom stereocenters. The van der Waals surface area contributed by atoms with Crippen LogP contribution in [0.15, 0.2) is 92.9 Å². The Bertz CT molecular complexity index is 1280. The van der Waals surface area contributed by atoms with E-state index in [-0.39, 0.29) is 5.57 Å². The van der Waals surface area contributed by atoms with Crippen molar-refractivity contribution in [3.05, 3.63) is 89.8 Å². The average molecular weight is 411 g/mol. The molecular weight excluding hydrogens is 394 g/mol. The molecule has 5 nitrogen and oxygen atoms in total. The van der Waals surface area contributed by atoms with Gasteiger partial charge >= 0.3 is 0 Å². The topological polar surface area (TPSA) is 78.9 Å². The first-order chi connectivity index (χ1) is 14.6. The zero-order valence-electron chi connectivity index (χ0n) is 16.1. The maximum Gasteiger partial charge on any atom is 0.266 e. The number of nitrogens with zero attached hydrogens (tertiary/aromatic N) is 2. The third-order valence-electron chi connectivity index (χ3n) is 4.37. The van der Waals surface area contributed by atoms with Crippen LogP contribution in [-0.4, -0.2) is 10.9 Å². The van der Waals surface area contributed by atoms with Gasteiger partial charge < -0.3 is 9.73 Å². The van der Waals surface area contributed by atoms with Crippen molar-refractivity contribution in [3.63, 3.8) is 0 Å². The molecule has 0 fully saturated rings. The van der Waals surface area contributed by atoms with E-state index in [4.69, 9.17) is 4.42 Å². The number of nitrogens with one attached hydrogen (secondary N) is 1. The fourth-order valence-corrected chi connectivity index (χ4v) is 3.76. The van der Waals surface area contributed by atoms with E-state index in [9.17, 15) is 10.1 Å². The van der Waals surface area contributed by atoms with Crippen LogP contribution in [0.5, 0.6) is 0 Å². The second-order valence-electron chi connectivity index (χ2n) is 6.58. The molecule has 0 saturated heterocycles. The van der Waals surface area contributed by atoms with Gasteiger partial charge in [0.2, 0.25) is 0 Å². The van der Waals surface area contributed by atoms with E-state index in [0.717, 1.165) is 21.4 Å². The number of rotatable bonds is 5. The molecule has 146 valence electrons. The van der Waals surface area contributed by atoms with Gasteiger partial charge in [-0.05, 0) is 55.1 Å². The molecule has 0 aliphatic heterocycles. The molecule has 1 N–H and O–H groups in total. The minimum Gasteiger partial charge on any atom is -0.450 e. The summed E-state index contributed by atoms with van der Waals surface area (Å²) >= 11 is 1.44. The minimum atomic E-state index is -0.481. The lowest BCUT2D eigenvalue weighted by Crippen LogP contribution is -2.13. The van der Waals surface area contributed by atoms with Crippen LogP contribution in [-0.2, 0) is 4.79 Å². The summed E-state index contributed by atoms with van der Waals surface area (Å²) in [7, 11) is 0. The molecule has 2 heterocycles. The quantitative estimate of drug-likeness (QED) is 0.330. The molecule has 2 aromatic carbocycles. The number of amides is 1. The number of hydrogen-bond donors (Lipinski definition) is 1. The number of hydrogen-bond acceptors (Lipinski definition) is 5. The van der Waals surface area contributed by atoms with Gasteiger partial charge in [-0.15, -0.1) is 0 Å². The summed E-state index contributed by atoms with van der Waals surface area (Å²) in [5.41, 5.74) is 2.58. The number of pyridine rings is 1. The van der Waals surface area contributed by atoms with Gasteiger partial charge in [-0.2, -0.15) is 5.26 Å². The molecule has 0 aliphatic rings. The first-order valence-electron chi connectivity index (χ1n) is 9.23. The van der Waals surface area contributed by atoms with Crippen molar-refractivity contribution in [1.29, 1.82) is 5.26 Å². The molecule has 0 radical (unpaired) electrons. The van der Waals surface area contributed by atoms with Crippen molar-refractivity contribution < 1.29 is 9.21 Å². The number of carbonyl (C=O) groups excluding carboxylic acids is 1. The van der Waals surface area contributed by atoms with E-state index in [0.29, 0.717) is 16.5 Å². The minimum absolute atomic E-state index is 0.0340. The molecule has 4 aromatic rings. The number of anilines is 1. The molecule has 0 aliphatic carbocycles.